The van der Waals surface area contributed by atoms with Crippen molar-refractivity contribution in [1.82, 2.24) is 9.78 Å². The smallest absolute Gasteiger partial charge is 0.337 e. The minimum atomic E-state index is -0.445. The fraction of sp³-hybridized carbons (Fsp3) is 0.105. The monoisotopic (exact) mass is 369 g/mol. The number of aromatic nitrogens is 2. The number of hydrogen-bond donors (Lipinski definition) is 1. The van der Waals surface area contributed by atoms with Gasteiger partial charge in [0.25, 0.3) is 5.91 Å². The molecule has 0 aliphatic heterocycles. The SMILES string of the molecule is COC(=O)c1ccc(C(=O)Nc2cnn(Cc3cccc(Cl)c3)c2)cc1. The summed E-state index contributed by atoms with van der Waals surface area (Å²) in [4.78, 5) is 23.7. The van der Waals surface area contributed by atoms with E-state index in [-0.39, 0.29) is 5.91 Å². The second-order valence-electron chi connectivity index (χ2n) is 5.58. The quantitative estimate of drug-likeness (QED) is 0.697. The lowest BCUT2D eigenvalue weighted by molar-refractivity contribution is 0.0600. The van der Waals surface area contributed by atoms with Crippen LogP contribution in [0, 0.1) is 0 Å². The predicted octanol–water partition coefficient (Wildman–Crippen LogP) is 3.62. The van der Waals surface area contributed by atoms with Crippen LogP contribution in [0.3, 0.4) is 0 Å². The summed E-state index contributed by atoms with van der Waals surface area (Å²) in [6, 6.07) is 13.7. The Labute approximate surface area is 155 Å². The van der Waals surface area contributed by atoms with E-state index < -0.39 is 5.97 Å². The molecule has 0 saturated carbocycles. The van der Waals surface area contributed by atoms with Crippen molar-refractivity contribution >= 4 is 29.2 Å². The van der Waals surface area contributed by atoms with Gasteiger partial charge in [-0.25, -0.2) is 4.79 Å². The summed E-state index contributed by atoms with van der Waals surface area (Å²) in [7, 11) is 1.31. The zero-order chi connectivity index (χ0) is 18.5. The fourth-order valence-electron chi connectivity index (χ4n) is 2.42. The maximum atomic E-state index is 12.3. The minimum absolute atomic E-state index is 0.288. The van der Waals surface area contributed by atoms with E-state index in [0.717, 1.165) is 5.56 Å². The topological polar surface area (TPSA) is 73.2 Å². The average Bonchev–Trinajstić information content (AvgIpc) is 3.08. The van der Waals surface area contributed by atoms with Crippen LogP contribution in [-0.4, -0.2) is 28.8 Å². The van der Waals surface area contributed by atoms with Crippen LogP contribution in [0.1, 0.15) is 26.3 Å². The van der Waals surface area contributed by atoms with Crippen LogP contribution in [0.4, 0.5) is 5.69 Å². The van der Waals surface area contributed by atoms with Gasteiger partial charge in [0.05, 0.1) is 31.1 Å². The molecule has 0 spiro atoms. The molecular formula is C19H16ClN3O3. The third-order valence-electron chi connectivity index (χ3n) is 3.69. The Morgan fingerprint density at radius 3 is 2.58 bits per heavy atom. The third kappa shape index (κ3) is 4.29. The molecule has 1 amide bonds. The van der Waals surface area contributed by atoms with E-state index in [9.17, 15) is 9.59 Å². The number of esters is 1. The first kappa shape index (κ1) is 17.7. The van der Waals surface area contributed by atoms with Gasteiger partial charge in [-0.2, -0.15) is 5.10 Å². The number of anilines is 1. The van der Waals surface area contributed by atoms with Crippen molar-refractivity contribution in [2.45, 2.75) is 6.54 Å². The zero-order valence-electron chi connectivity index (χ0n) is 14.0. The zero-order valence-corrected chi connectivity index (χ0v) is 14.7. The van der Waals surface area contributed by atoms with Gasteiger partial charge < -0.3 is 10.1 Å². The number of halogens is 1. The molecule has 0 saturated heterocycles. The fourth-order valence-corrected chi connectivity index (χ4v) is 2.63. The molecule has 6 nitrogen and oxygen atoms in total. The molecule has 0 atom stereocenters. The lowest BCUT2D eigenvalue weighted by Crippen LogP contribution is -2.12. The van der Waals surface area contributed by atoms with E-state index >= 15 is 0 Å². The Bertz CT molecular complexity index is 935. The molecule has 0 unspecified atom stereocenters. The molecule has 1 N–H and O–H groups in total. The second-order valence-corrected chi connectivity index (χ2v) is 6.02. The normalized spacial score (nSPS) is 10.4. The number of methoxy groups -OCH3 is 1. The number of carbonyl (C=O) groups excluding carboxylic acids is 2. The molecule has 3 aromatic rings. The van der Waals surface area contributed by atoms with Crippen LogP contribution in [-0.2, 0) is 11.3 Å². The number of rotatable bonds is 5. The van der Waals surface area contributed by atoms with Crippen LogP contribution in [0.25, 0.3) is 0 Å². The number of nitrogens with one attached hydrogen (secondary N) is 1. The van der Waals surface area contributed by atoms with E-state index in [4.69, 9.17) is 11.6 Å². The summed E-state index contributed by atoms with van der Waals surface area (Å²) in [6.07, 6.45) is 3.31. The number of nitrogens with zero attached hydrogens (tertiary/aromatic N) is 2. The van der Waals surface area contributed by atoms with Gasteiger partial charge in [0.15, 0.2) is 0 Å². The van der Waals surface area contributed by atoms with E-state index in [2.05, 4.69) is 15.2 Å². The van der Waals surface area contributed by atoms with Crippen LogP contribution < -0.4 is 5.32 Å². The molecule has 0 aliphatic rings. The molecule has 7 heteroatoms. The van der Waals surface area contributed by atoms with Crippen molar-refractivity contribution in [3.63, 3.8) is 0 Å². The summed E-state index contributed by atoms with van der Waals surface area (Å²) in [6.45, 7) is 0.546. The first-order chi connectivity index (χ1) is 12.5. The average molecular weight is 370 g/mol. The molecule has 1 heterocycles. The van der Waals surface area contributed by atoms with Crippen molar-refractivity contribution in [1.29, 1.82) is 0 Å². The second kappa shape index (κ2) is 7.84. The van der Waals surface area contributed by atoms with Gasteiger partial charge in [-0.3, -0.25) is 9.48 Å². The van der Waals surface area contributed by atoms with Gasteiger partial charge in [0.2, 0.25) is 0 Å². The molecular weight excluding hydrogens is 354 g/mol. The van der Waals surface area contributed by atoms with Crippen molar-refractivity contribution in [3.8, 4) is 0 Å². The van der Waals surface area contributed by atoms with Crippen molar-refractivity contribution in [2.75, 3.05) is 12.4 Å². The number of ether oxygens (including phenoxy) is 1. The largest absolute Gasteiger partial charge is 0.465 e. The molecule has 1 aromatic heterocycles. The van der Waals surface area contributed by atoms with Crippen LogP contribution >= 0.6 is 11.6 Å². The van der Waals surface area contributed by atoms with E-state index in [1.165, 1.54) is 7.11 Å². The Morgan fingerprint density at radius 2 is 1.88 bits per heavy atom. The highest BCUT2D eigenvalue weighted by Crippen LogP contribution is 2.14. The van der Waals surface area contributed by atoms with Gasteiger partial charge in [-0.05, 0) is 42.0 Å². The van der Waals surface area contributed by atoms with Gasteiger partial charge in [0, 0.05) is 16.8 Å². The maximum absolute atomic E-state index is 12.3. The molecule has 132 valence electrons. The highest BCUT2D eigenvalue weighted by molar-refractivity contribution is 6.30. The number of hydrogen-bond acceptors (Lipinski definition) is 4. The standard InChI is InChI=1S/C19H16ClN3O3/c1-26-19(25)15-7-5-14(6-8-15)18(24)22-17-10-21-23(12-17)11-13-3-2-4-16(20)9-13/h2-10,12H,11H2,1H3,(H,22,24). The molecule has 0 bridgehead atoms. The van der Waals surface area contributed by atoms with Gasteiger partial charge in [-0.15, -0.1) is 0 Å². The molecule has 0 aliphatic carbocycles. The van der Waals surface area contributed by atoms with Crippen LogP contribution in [0.2, 0.25) is 5.02 Å². The Balaban J connectivity index is 1.65. The van der Waals surface area contributed by atoms with E-state index in [1.807, 2.05) is 24.3 Å². The third-order valence-corrected chi connectivity index (χ3v) is 3.93. The van der Waals surface area contributed by atoms with Gasteiger partial charge in [-0.1, -0.05) is 23.7 Å². The lowest BCUT2D eigenvalue weighted by Gasteiger charge is -2.04. The molecule has 2 aromatic carbocycles. The van der Waals surface area contributed by atoms with Crippen molar-refractivity contribution in [2.24, 2.45) is 0 Å². The first-order valence-electron chi connectivity index (χ1n) is 7.82. The summed E-state index contributed by atoms with van der Waals surface area (Å²) >= 11 is 5.98. The number of benzene rings is 2. The van der Waals surface area contributed by atoms with Crippen LogP contribution in [0.15, 0.2) is 60.9 Å². The summed E-state index contributed by atoms with van der Waals surface area (Å²) in [5.41, 5.74) is 2.41. The highest BCUT2D eigenvalue weighted by Gasteiger charge is 2.10. The lowest BCUT2D eigenvalue weighted by atomic mass is 10.1. The summed E-state index contributed by atoms with van der Waals surface area (Å²) < 4.78 is 6.34. The van der Waals surface area contributed by atoms with Gasteiger partial charge >= 0.3 is 5.97 Å². The maximum Gasteiger partial charge on any atom is 0.337 e. The van der Waals surface area contributed by atoms with Gasteiger partial charge in [0.1, 0.15) is 0 Å². The number of carbonyl (C=O) groups is 2. The molecule has 26 heavy (non-hydrogen) atoms. The molecule has 0 fully saturated rings. The van der Waals surface area contributed by atoms with E-state index in [1.54, 1.807) is 41.3 Å². The Kier molecular flexibility index (Phi) is 5.34. The summed E-state index contributed by atoms with van der Waals surface area (Å²) in [5, 5.41) is 7.67. The highest BCUT2D eigenvalue weighted by atomic mass is 35.5. The minimum Gasteiger partial charge on any atom is -0.465 e. The van der Waals surface area contributed by atoms with E-state index in [0.29, 0.717) is 28.4 Å². The first-order valence-corrected chi connectivity index (χ1v) is 8.19. The number of amides is 1. The predicted molar refractivity (Wildman–Crippen MR) is 98.5 cm³/mol. The molecule has 0 radical (unpaired) electrons. The van der Waals surface area contributed by atoms with Crippen LogP contribution in [0.5, 0.6) is 0 Å². The summed E-state index contributed by atoms with van der Waals surface area (Å²) in [5.74, 6) is -0.733. The molecule has 3 rings (SSSR count). The van der Waals surface area contributed by atoms with Crippen molar-refractivity contribution in [3.05, 3.63) is 82.6 Å². The Hall–Kier alpha value is -3.12. The Morgan fingerprint density at radius 1 is 1.15 bits per heavy atom. The van der Waals surface area contributed by atoms with Crippen molar-refractivity contribution < 1.29 is 14.3 Å².